The minimum atomic E-state index is 0.927. The molecule has 0 atom stereocenters. The highest BCUT2D eigenvalue weighted by molar-refractivity contribution is 4.98. The molecule has 1 aromatic rings. The van der Waals surface area contributed by atoms with Gasteiger partial charge in [0.15, 0.2) is 0 Å². The first kappa shape index (κ1) is 11.6. The molecule has 1 fully saturated rings. The van der Waals surface area contributed by atoms with Gasteiger partial charge >= 0.3 is 0 Å². The van der Waals surface area contributed by atoms with E-state index in [1.54, 1.807) is 0 Å². The monoisotopic (exact) mass is 222 g/mol. The van der Waals surface area contributed by atoms with Crippen LogP contribution in [-0.4, -0.2) is 40.9 Å². The Labute approximate surface area is 97.6 Å². The van der Waals surface area contributed by atoms with Crippen LogP contribution in [0.3, 0.4) is 0 Å². The molecule has 0 spiro atoms. The van der Waals surface area contributed by atoms with Gasteiger partial charge in [0, 0.05) is 19.8 Å². The Bertz CT molecular complexity index is 302. The minimum absolute atomic E-state index is 0.927. The summed E-state index contributed by atoms with van der Waals surface area (Å²) in [6.45, 7) is 5.89. The second-order valence-electron chi connectivity index (χ2n) is 4.53. The molecule has 4 heteroatoms. The van der Waals surface area contributed by atoms with E-state index in [2.05, 4.69) is 21.4 Å². The van der Waals surface area contributed by atoms with Gasteiger partial charge in [-0.2, -0.15) is 5.10 Å². The smallest absolute Gasteiger partial charge is 0.0518 e. The van der Waals surface area contributed by atoms with Gasteiger partial charge in [-0.15, -0.1) is 0 Å². The van der Waals surface area contributed by atoms with Crippen LogP contribution in [-0.2, 0) is 13.6 Å². The van der Waals surface area contributed by atoms with E-state index in [0.29, 0.717) is 0 Å². The number of hydrogen-bond donors (Lipinski definition) is 1. The summed E-state index contributed by atoms with van der Waals surface area (Å²) in [5, 5.41) is 7.61. The zero-order chi connectivity index (χ0) is 11.2. The molecule has 0 radical (unpaired) electrons. The van der Waals surface area contributed by atoms with E-state index in [9.17, 15) is 0 Å². The van der Waals surface area contributed by atoms with Crippen molar-refractivity contribution in [2.24, 2.45) is 7.05 Å². The van der Waals surface area contributed by atoms with Crippen molar-refractivity contribution in [3.8, 4) is 0 Å². The van der Waals surface area contributed by atoms with Crippen molar-refractivity contribution in [3.63, 3.8) is 0 Å². The fourth-order valence-corrected chi connectivity index (χ4v) is 2.23. The highest BCUT2D eigenvalue weighted by Crippen LogP contribution is 2.06. The molecular weight excluding hydrogens is 200 g/mol. The summed E-state index contributed by atoms with van der Waals surface area (Å²) in [6, 6.07) is 2.06. The zero-order valence-corrected chi connectivity index (χ0v) is 10.2. The molecule has 1 N–H and O–H groups in total. The average Bonchev–Trinajstić information content (AvgIpc) is 2.90. The summed E-state index contributed by atoms with van der Waals surface area (Å²) >= 11 is 0. The SMILES string of the molecule is Cn1nccc1CNCCCN1CCCC1. The fraction of sp³-hybridized carbons (Fsp3) is 0.750. The summed E-state index contributed by atoms with van der Waals surface area (Å²) in [4.78, 5) is 2.56. The van der Waals surface area contributed by atoms with Crippen LogP contribution in [0.2, 0.25) is 0 Å². The molecule has 0 aromatic carbocycles. The lowest BCUT2D eigenvalue weighted by atomic mass is 10.3. The van der Waals surface area contributed by atoms with Crippen LogP contribution >= 0.6 is 0 Å². The van der Waals surface area contributed by atoms with Gasteiger partial charge < -0.3 is 10.2 Å². The normalized spacial score (nSPS) is 17.1. The molecule has 16 heavy (non-hydrogen) atoms. The third-order valence-corrected chi connectivity index (χ3v) is 3.26. The third-order valence-electron chi connectivity index (χ3n) is 3.26. The van der Waals surface area contributed by atoms with Gasteiger partial charge in [-0.25, -0.2) is 0 Å². The highest BCUT2D eigenvalue weighted by atomic mass is 15.3. The van der Waals surface area contributed by atoms with Crippen LogP contribution < -0.4 is 5.32 Å². The molecule has 4 nitrogen and oxygen atoms in total. The topological polar surface area (TPSA) is 33.1 Å². The fourth-order valence-electron chi connectivity index (χ4n) is 2.23. The highest BCUT2D eigenvalue weighted by Gasteiger charge is 2.09. The Morgan fingerprint density at radius 3 is 2.88 bits per heavy atom. The number of aryl methyl sites for hydroxylation is 1. The minimum Gasteiger partial charge on any atom is -0.311 e. The van der Waals surface area contributed by atoms with Crippen molar-refractivity contribution in [3.05, 3.63) is 18.0 Å². The van der Waals surface area contributed by atoms with Gasteiger partial charge in [-0.3, -0.25) is 4.68 Å². The summed E-state index contributed by atoms with van der Waals surface area (Å²) in [5.41, 5.74) is 1.25. The van der Waals surface area contributed by atoms with Gasteiger partial charge in [0.05, 0.1) is 5.69 Å². The van der Waals surface area contributed by atoms with E-state index >= 15 is 0 Å². The Kier molecular flexibility index (Phi) is 4.36. The van der Waals surface area contributed by atoms with Crippen LogP contribution in [0, 0.1) is 0 Å². The number of rotatable bonds is 6. The quantitative estimate of drug-likeness (QED) is 0.729. The second-order valence-corrected chi connectivity index (χ2v) is 4.53. The Morgan fingerprint density at radius 2 is 2.19 bits per heavy atom. The van der Waals surface area contributed by atoms with Crippen LogP contribution in [0.25, 0.3) is 0 Å². The lowest BCUT2D eigenvalue weighted by Crippen LogP contribution is -2.25. The maximum atomic E-state index is 4.15. The Morgan fingerprint density at radius 1 is 1.38 bits per heavy atom. The predicted octanol–water partition coefficient (Wildman–Crippen LogP) is 0.996. The molecule has 0 aliphatic carbocycles. The first-order valence-electron chi connectivity index (χ1n) is 6.26. The van der Waals surface area contributed by atoms with Gasteiger partial charge in [0.2, 0.25) is 0 Å². The molecular formula is C12H22N4. The van der Waals surface area contributed by atoms with Crippen molar-refractivity contribution in [2.75, 3.05) is 26.2 Å². The van der Waals surface area contributed by atoms with Crippen LogP contribution in [0.1, 0.15) is 25.0 Å². The standard InChI is InChI=1S/C12H22N4/c1-15-12(5-7-14-15)11-13-6-4-10-16-8-2-3-9-16/h5,7,13H,2-4,6,8-11H2,1H3. The molecule has 0 bridgehead atoms. The van der Waals surface area contributed by atoms with Crippen molar-refractivity contribution in [1.29, 1.82) is 0 Å². The molecule has 90 valence electrons. The van der Waals surface area contributed by atoms with Crippen molar-refractivity contribution < 1.29 is 0 Å². The molecule has 0 saturated carbocycles. The van der Waals surface area contributed by atoms with Crippen molar-refractivity contribution >= 4 is 0 Å². The first-order valence-corrected chi connectivity index (χ1v) is 6.26. The van der Waals surface area contributed by atoms with Gasteiger partial charge in [0.25, 0.3) is 0 Å². The van der Waals surface area contributed by atoms with Crippen LogP contribution in [0.15, 0.2) is 12.3 Å². The third kappa shape index (κ3) is 3.32. The molecule has 2 rings (SSSR count). The summed E-state index contributed by atoms with van der Waals surface area (Å²) in [7, 11) is 1.99. The number of likely N-dealkylation sites (tertiary alicyclic amines) is 1. The second kappa shape index (κ2) is 6.01. The average molecular weight is 222 g/mol. The zero-order valence-electron chi connectivity index (χ0n) is 10.2. The van der Waals surface area contributed by atoms with Gasteiger partial charge in [0.1, 0.15) is 0 Å². The van der Waals surface area contributed by atoms with E-state index in [4.69, 9.17) is 0 Å². The van der Waals surface area contributed by atoms with E-state index < -0.39 is 0 Å². The van der Waals surface area contributed by atoms with Crippen molar-refractivity contribution in [2.45, 2.75) is 25.8 Å². The van der Waals surface area contributed by atoms with Crippen LogP contribution in [0.4, 0.5) is 0 Å². The van der Waals surface area contributed by atoms with Gasteiger partial charge in [-0.05, 0) is 51.5 Å². The number of aromatic nitrogens is 2. The van der Waals surface area contributed by atoms with E-state index in [0.717, 1.165) is 13.1 Å². The first-order chi connectivity index (χ1) is 7.86. The summed E-state index contributed by atoms with van der Waals surface area (Å²) < 4.78 is 1.92. The Hall–Kier alpha value is -0.870. The molecule has 1 saturated heterocycles. The van der Waals surface area contributed by atoms with Crippen molar-refractivity contribution in [1.82, 2.24) is 20.0 Å². The number of nitrogens with zero attached hydrogens (tertiary/aromatic N) is 3. The molecule has 0 unspecified atom stereocenters. The predicted molar refractivity (Wildman–Crippen MR) is 65.2 cm³/mol. The lowest BCUT2D eigenvalue weighted by molar-refractivity contribution is 0.330. The van der Waals surface area contributed by atoms with E-state index in [1.165, 1.54) is 44.6 Å². The lowest BCUT2D eigenvalue weighted by Gasteiger charge is -2.14. The summed E-state index contributed by atoms with van der Waals surface area (Å²) in [5.74, 6) is 0. The van der Waals surface area contributed by atoms with E-state index in [1.807, 2.05) is 17.9 Å². The number of nitrogens with one attached hydrogen (secondary N) is 1. The molecule has 1 aromatic heterocycles. The maximum absolute atomic E-state index is 4.15. The Balaban J connectivity index is 1.53. The largest absolute Gasteiger partial charge is 0.311 e. The molecule has 1 aliphatic heterocycles. The molecule has 1 aliphatic rings. The molecule has 2 heterocycles. The van der Waals surface area contributed by atoms with Crippen LogP contribution in [0.5, 0.6) is 0 Å². The molecule has 0 amide bonds. The maximum Gasteiger partial charge on any atom is 0.0518 e. The summed E-state index contributed by atoms with van der Waals surface area (Å²) in [6.07, 6.45) is 5.88. The van der Waals surface area contributed by atoms with Gasteiger partial charge in [-0.1, -0.05) is 0 Å². The van der Waals surface area contributed by atoms with E-state index in [-0.39, 0.29) is 0 Å². The number of hydrogen-bond acceptors (Lipinski definition) is 3.